The van der Waals surface area contributed by atoms with Crippen LogP contribution in [0.5, 0.6) is 0 Å². The molecule has 0 aromatic rings. The van der Waals surface area contributed by atoms with Gasteiger partial charge in [-0.3, -0.25) is 19.6 Å². The second kappa shape index (κ2) is 3.37. The number of likely N-dealkylation sites (tertiary alicyclic amines) is 1. The molecule has 1 unspecified atom stereocenters. The van der Waals surface area contributed by atoms with E-state index < -0.39 is 0 Å². The van der Waals surface area contributed by atoms with Gasteiger partial charge < -0.3 is 4.90 Å². The molecule has 0 spiro atoms. The lowest BCUT2D eigenvalue weighted by molar-refractivity contribution is -0.129. The fourth-order valence-electron chi connectivity index (χ4n) is 2.31. The lowest BCUT2D eigenvalue weighted by atomic mass is 10.0. The average Bonchev–Trinajstić information content (AvgIpc) is 2.88. The lowest BCUT2D eigenvalue weighted by Crippen LogP contribution is -2.38. The Morgan fingerprint density at radius 1 is 1.38 bits per heavy atom. The lowest BCUT2D eigenvalue weighted by Gasteiger charge is -2.26. The number of rotatable bonds is 1. The third-order valence-electron chi connectivity index (χ3n) is 3.12. The zero-order valence-corrected chi connectivity index (χ0v) is 8.72. The van der Waals surface area contributed by atoms with Gasteiger partial charge in [0.25, 0.3) is 0 Å². The van der Waals surface area contributed by atoms with Crippen LogP contribution >= 0.6 is 0 Å². The monoisotopic (exact) mass is 217 g/mol. The summed E-state index contributed by atoms with van der Waals surface area (Å²) in [6.07, 6.45) is 4.69. The number of amides is 1. The molecule has 3 aliphatic rings. The van der Waals surface area contributed by atoms with Crippen molar-refractivity contribution in [1.29, 1.82) is 0 Å². The largest absolute Gasteiger partial charge is 0.315 e. The van der Waals surface area contributed by atoms with Crippen LogP contribution < -0.4 is 0 Å². The molecule has 0 saturated carbocycles. The third kappa shape index (κ3) is 1.24. The highest BCUT2D eigenvalue weighted by Crippen LogP contribution is 2.29. The Bertz CT molecular complexity index is 462. The van der Waals surface area contributed by atoms with Gasteiger partial charge in [-0.1, -0.05) is 0 Å². The van der Waals surface area contributed by atoms with Gasteiger partial charge in [-0.15, -0.1) is 0 Å². The van der Waals surface area contributed by atoms with E-state index in [9.17, 15) is 9.59 Å². The Balaban J connectivity index is 1.96. The van der Waals surface area contributed by atoms with Crippen molar-refractivity contribution in [3.05, 3.63) is 11.3 Å². The summed E-state index contributed by atoms with van der Waals surface area (Å²) in [6, 6.07) is 0. The fourth-order valence-corrected chi connectivity index (χ4v) is 2.31. The van der Waals surface area contributed by atoms with E-state index in [1.165, 1.54) is 6.21 Å². The Labute approximate surface area is 92.6 Å². The summed E-state index contributed by atoms with van der Waals surface area (Å²) in [5, 5.41) is 0. The van der Waals surface area contributed by atoms with Crippen molar-refractivity contribution >= 4 is 24.1 Å². The number of hydrogen-bond acceptors (Lipinski definition) is 4. The molecule has 1 atom stereocenters. The van der Waals surface area contributed by atoms with Crippen molar-refractivity contribution in [3.8, 4) is 0 Å². The molecular formula is C11H11N3O2. The summed E-state index contributed by atoms with van der Waals surface area (Å²) in [5.74, 6) is 0.0286. The number of Topliss-reactive ketones (excluding diaryl/α,β-unsaturated/α-hetero) is 1. The van der Waals surface area contributed by atoms with E-state index in [0.717, 1.165) is 6.42 Å². The van der Waals surface area contributed by atoms with Gasteiger partial charge in [-0.05, 0) is 6.42 Å². The zero-order chi connectivity index (χ0) is 11.1. The molecule has 0 N–H and O–H groups in total. The van der Waals surface area contributed by atoms with E-state index in [-0.39, 0.29) is 17.9 Å². The molecule has 0 aliphatic carbocycles. The molecule has 5 nitrogen and oxygen atoms in total. The number of ketones is 1. The maximum Gasteiger partial charge on any atom is 0.224 e. The van der Waals surface area contributed by atoms with Crippen molar-refractivity contribution in [3.63, 3.8) is 0 Å². The number of dihydropyridines is 1. The van der Waals surface area contributed by atoms with E-state index in [1.807, 2.05) is 0 Å². The van der Waals surface area contributed by atoms with Crippen LogP contribution in [0.25, 0.3) is 0 Å². The zero-order valence-electron chi connectivity index (χ0n) is 8.72. The van der Waals surface area contributed by atoms with Gasteiger partial charge in [-0.2, -0.15) is 0 Å². The molecule has 0 bridgehead atoms. The van der Waals surface area contributed by atoms with Crippen LogP contribution in [0.2, 0.25) is 0 Å². The average molecular weight is 217 g/mol. The number of aliphatic imine (C=N–C) groups is 2. The SMILES string of the molecule is O=C1C=NC(N2CCCC2=O)C2=C1CC=N2. The van der Waals surface area contributed by atoms with E-state index in [2.05, 4.69) is 9.98 Å². The minimum Gasteiger partial charge on any atom is -0.315 e. The summed E-state index contributed by atoms with van der Waals surface area (Å²) in [5.41, 5.74) is 1.36. The smallest absolute Gasteiger partial charge is 0.224 e. The van der Waals surface area contributed by atoms with Gasteiger partial charge in [0.15, 0.2) is 6.17 Å². The highest BCUT2D eigenvalue weighted by molar-refractivity contribution is 6.37. The molecule has 1 saturated heterocycles. The van der Waals surface area contributed by atoms with Crippen LogP contribution in [-0.4, -0.2) is 41.7 Å². The molecule has 0 aromatic heterocycles. The summed E-state index contributed by atoms with van der Waals surface area (Å²) in [6.45, 7) is 0.710. The van der Waals surface area contributed by atoms with Crippen LogP contribution in [0.4, 0.5) is 0 Å². The number of hydrogen-bond donors (Lipinski definition) is 0. The molecule has 82 valence electrons. The highest BCUT2D eigenvalue weighted by atomic mass is 16.2. The summed E-state index contributed by atoms with van der Waals surface area (Å²) < 4.78 is 0. The normalized spacial score (nSPS) is 28.2. The van der Waals surface area contributed by atoms with Crippen LogP contribution in [0.3, 0.4) is 0 Å². The topological polar surface area (TPSA) is 62.1 Å². The number of carbonyl (C=O) groups is 2. The third-order valence-corrected chi connectivity index (χ3v) is 3.12. The van der Waals surface area contributed by atoms with Crippen molar-refractivity contribution in [2.45, 2.75) is 25.4 Å². The first-order valence-electron chi connectivity index (χ1n) is 5.40. The van der Waals surface area contributed by atoms with Crippen LogP contribution in [0, 0.1) is 0 Å². The predicted molar refractivity (Wildman–Crippen MR) is 58.4 cm³/mol. The first-order chi connectivity index (χ1) is 7.77. The number of allylic oxidation sites excluding steroid dienone is 1. The molecule has 0 radical (unpaired) electrons. The van der Waals surface area contributed by atoms with Crippen LogP contribution in [-0.2, 0) is 9.59 Å². The maximum absolute atomic E-state index is 11.6. The van der Waals surface area contributed by atoms with Crippen molar-refractivity contribution in [2.24, 2.45) is 9.98 Å². The maximum atomic E-state index is 11.6. The van der Waals surface area contributed by atoms with Gasteiger partial charge in [0.1, 0.15) is 0 Å². The van der Waals surface area contributed by atoms with Gasteiger partial charge >= 0.3 is 0 Å². The van der Waals surface area contributed by atoms with Crippen LogP contribution in [0.15, 0.2) is 21.3 Å². The molecule has 16 heavy (non-hydrogen) atoms. The van der Waals surface area contributed by atoms with Crippen molar-refractivity contribution in [2.75, 3.05) is 6.54 Å². The highest BCUT2D eigenvalue weighted by Gasteiger charge is 2.35. The van der Waals surface area contributed by atoms with Gasteiger partial charge in [0.2, 0.25) is 11.7 Å². The summed E-state index contributed by atoms with van der Waals surface area (Å²) in [4.78, 5) is 33.2. The summed E-state index contributed by atoms with van der Waals surface area (Å²) in [7, 11) is 0. The molecule has 3 heterocycles. The number of nitrogens with zero attached hydrogens (tertiary/aromatic N) is 3. The van der Waals surface area contributed by atoms with Crippen molar-refractivity contribution < 1.29 is 9.59 Å². The Morgan fingerprint density at radius 3 is 3.00 bits per heavy atom. The van der Waals surface area contributed by atoms with Crippen LogP contribution in [0.1, 0.15) is 19.3 Å². The second-order valence-electron chi connectivity index (χ2n) is 4.09. The van der Waals surface area contributed by atoms with Gasteiger partial charge in [-0.25, -0.2) is 0 Å². The molecule has 5 heteroatoms. The quantitative estimate of drug-likeness (QED) is 0.635. The van der Waals surface area contributed by atoms with E-state index >= 15 is 0 Å². The first kappa shape index (κ1) is 9.45. The molecule has 1 amide bonds. The molecule has 1 fully saturated rings. The van der Waals surface area contributed by atoms with Gasteiger partial charge in [0, 0.05) is 31.2 Å². The Kier molecular flexibility index (Phi) is 1.99. The molecule has 0 aromatic carbocycles. The minimum atomic E-state index is -0.360. The van der Waals surface area contributed by atoms with E-state index in [0.29, 0.717) is 30.7 Å². The minimum absolute atomic E-state index is 0.0737. The number of carbonyl (C=O) groups excluding carboxylic acids is 2. The first-order valence-corrected chi connectivity index (χ1v) is 5.40. The van der Waals surface area contributed by atoms with Crippen molar-refractivity contribution in [1.82, 2.24) is 4.90 Å². The molecular weight excluding hydrogens is 206 g/mol. The Morgan fingerprint density at radius 2 is 2.25 bits per heavy atom. The van der Waals surface area contributed by atoms with E-state index in [4.69, 9.17) is 0 Å². The standard InChI is InChI=1S/C11H11N3O2/c15-8-6-13-11(10-7(8)3-4-12-10)14-5-1-2-9(14)16/h4,6,11H,1-3,5H2. The van der Waals surface area contributed by atoms with E-state index in [1.54, 1.807) is 11.1 Å². The molecule has 3 aliphatic heterocycles. The second-order valence-corrected chi connectivity index (χ2v) is 4.09. The van der Waals surface area contributed by atoms with Gasteiger partial charge in [0.05, 0.1) is 11.9 Å². The fraction of sp³-hybridized carbons (Fsp3) is 0.455. The molecule has 3 rings (SSSR count). The predicted octanol–water partition coefficient (Wildman–Crippen LogP) is 0.317. The summed E-state index contributed by atoms with van der Waals surface area (Å²) >= 11 is 0. The Hall–Kier alpha value is -1.78.